The van der Waals surface area contributed by atoms with Crippen molar-refractivity contribution in [2.24, 2.45) is 11.5 Å². The molecule has 15 heteroatoms. The number of rotatable bonds is 20. The standard InChI is InChI=1S/C22H39N6O8S/c1-13(25-21(35)17(8-10-37-2)28-20(34)15(24)12-30)19(33)27-16(5-3-4-9-23)22(36)26-14(11-29)6-7-18(31)32/h13-17,30H,3-10,12,23-24H2,1-2H3,(H,25,35)(H,26,36)(H,27,33)(H,28,34)(H,31,32)/t13-,14-,15-,16-,17-/m0/s1. The van der Waals surface area contributed by atoms with Crippen molar-refractivity contribution in [2.75, 3.05) is 25.2 Å². The molecule has 10 N–H and O–H groups in total. The third-order valence-corrected chi connectivity index (χ3v) is 5.86. The summed E-state index contributed by atoms with van der Waals surface area (Å²) in [5.74, 6) is -3.39. The van der Waals surface area contributed by atoms with Gasteiger partial charge in [0, 0.05) is 6.42 Å². The molecule has 0 saturated carbocycles. The molecule has 0 spiro atoms. The van der Waals surface area contributed by atoms with Crippen LogP contribution in [0.3, 0.4) is 0 Å². The number of carbonyl (C=O) groups is 5. The lowest BCUT2D eigenvalue weighted by Crippen LogP contribution is -2.57. The van der Waals surface area contributed by atoms with Crippen LogP contribution < -0.4 is 32.7 Å². The van der Waals surface area contributed by atoms with Crippen LogP contribution in [0.1, 0.15) is 45.4 Å². The molecule has 0 aliphatic heterocycles. The van der Waals surface area contributed by atoms with Crippen molar-refractivity contribution in [1.29, 1.82) is 0 Å². The summed E-state index contributed by atoms with van der Waals surface area (Å²) in [6.07, 6.45) is 4.35. The molecule has 4 amide bonds. The van der Waals surface area contributed by atoms with Crippen molar-refractivity contribution < 1.29 is 39.0 Å². The van der Waals surface area contributed by atoms with Crippen LogP contribution in [-0.2, 0) is 28.8 Å². The summed E-state index contributed by atoms with van der Waals surface area (Å²) in [5, 5.41) is 27.7. The van der Waals surface area contributed by atoms with Crippen molar-refractivity contribution in [1.82, 2.24) is 21.3 Å². The Morgan fingerprint density at radius 2 is 1.49 bits per heavy atom. The van der Waals surface area contributed by atoms with E-state index in [2.05, 4.69) is 21.3 Å². The molecule has 0 heterocycles. The number of hydrogen-bond acceptors (Lipinski definition) is 10. The molecule has 0 aromatic heterocycles. The molecular weight excluding hydrogens is 508 g/mol. The largest absolute Gasteiger partial charge is 0.481 e. The van der Waals surface area contributed by atoms with Crippen LogP contribution in [-0.4, -0.2) is 101 Å². The number of aliphatic hydroxyl groups is 1. The van der Waals surface area contributed by atoms with Gasteiger partial charge in [-0.2, -0.15) is 11.8 Å². The zero-order valence-electron chi connectivity index (χ0n) is 21.2. The highest BCUT2D eigenvalue weighted by Gasteiger charge is 2.29. The Morgan fingerprint density at radius 1 is 0.892 bits per heavy atom. The van der Waals surface area contributed by atoms with Crippen molar-refractivity contribution in [3.05, 3.63) is 0 Å². The van der Waals surface area contributed by atoms with Crippen LogP contribution in [0.15, 0.2) is 0 Å². The molecule has 0 saturated heterocycles. The van der Waals surface area contributed by atoms with Crippen molar-refractivity contribution in [2.45, 2.75) is 75.7 Å². The first-order chi connectivity index (χ1) is 17.5. The van der Waals surface area contributed by atoms with Gasteiger partial charge in [0.15, 0.2) is 0 Å². The average Bonchev–Trinajstić information content (AvgIpc) is 2.86. The van der Waals surface area contributed by atoms with E-state index in [9.17, 15) is 28.8 Å². The minimum atomic E-state index is -1.21. The molecule has 14 nitrogen and oxygen atoms in total. The number of unbranched alkanes of at least 4 members (excludes halogenated alkanes) is 1. The Bertz CT molecular complexity index is 771. The SMILES string of the molecule is CSCC[C@H](NC(=O)[C@@H](N)CO)C(=O)N[C@@H](C)C(=O)N[C@@H](CCCCN)C(=O)N[C@H]([C]=O)CCC(=O)O. The average molecular weight is 548 g/mol. The summed E-state index contributed by atoms with van der Waals surface area (Å²) >= 11 is 1.44. The van der Waals surface area contributed by atoms with E-state index in [1.807, 2.05) is 6.26 Å². The van der Waals surface area contributed by atoms with E-state index in [4.69, 9.17) is 21.7 Å². The Balaban J connectivity index is 5.29. The van der Waals surface area contributed by atoms with Gasteiger partial charge in [-0.05, 0) is 57.6 Å². The zero-order valence-corrected chi connectivity index (χ0v) is 22.0. The maximum Gasteiger partial charge on any atom is 0.303 e. The highest BCUT2D eigenvalue weighted by molar-refractivity contribution is 7.98. The van der Waals surface area contributed by atoms with Crippen LogP contribution in [0.2, 0.25) is 0 Å². The molecule has 1 radical (unpaired) electrons. The number of carboxylic acids is 1. The Hall–Kier alpha value is -2.75. The molecule has 0 aromatic rings. The Morgan fingerprint density at radius 3 is 2.03 bits per heavy atom. The molecule has 0 bridgehead atoms. The maximum absolute atomic E-state index is 12.8. The van der Waals surface area contributed by atoms with E-state index in [0.717, 1.165) is 0 Å². The predicted octanol–water partition coefficient (Wildman–Crippen LogP) is -2.88. The third kappa shape index (κ3) is 14.5. The monoisotopic (exact) mass is 547 g/mol. The van der Waals surface area contributed by atoms with Gasteiger partial charge in [0.25, 0.3) is 0 Å². The van der Waals surface area contributed by atoms with Crippen LogP contribution in [0.5, 0.6) is 0 Å². The van der Waals surface area contributed by atoms with E-state index < -0.39 is 66.4 Å². The molecule has 0 aromatic carbocycles. The highest BCUT2D eigenvalue weighted by atomic mass is 32.2. The predicted molar refractivity (Wildman–Crippen MR) is 137 cm³/mol. The number of nitrogens with two attached hydrogens (primary N) is 2. The summed E-state index contributed by atoms with van der Waals surface area (Å²) in [7, 11) is 0. The van der Waals surface area contributed by atoms with E-state index >= 15 is 0 Å². The van der Waals surface area contributed by atoms with Gasteiger partial charge in [-0.1, -0.05) is 0 Å². The van der Waals surface area contributed by atoms with Crippen LogP contribution in [0.25, 0.3) is 0 Å². The lowest BCUT2D eigenvalue weighted by molar-refractivity contribution is -0.137. The lowest BCUT2D eigenvalue weighted by atomic mass is 10.1. The first kappa shape index (κ1) is 34.2. The van der Waals surface area contributed by atoms with Gasteiger partial charge in [-0.25, -0.2) is 0 Å². The smallest absolute Gasteiger partial charge is 0.303 e. The number of carboxylic acid groups (broad SMARTS) is 1. The molecule has 211 valence electrons. The van der Waals surface area contributed by atoms with Gasteiger partial charge in [0.05, 0.1) is 12.6 Å². The molecule has 5 atom stereocenters. The Kier molecular flexibility index (Phi) is 17.9. The highest BCUT2D eigenvalue weighted by Crippen LogP contribution is 2.05. The van der Waals surface area contributed by atoms with E-state index in [1.165, 1.54) is 18.7 Å². The number of carbonyl (C=O) groups excluding carboxylic acids is 5. The van der Waals surface area contributed by atoms with Crippen LogP contribution >= 0.6 is 11.8 Å². The third-order valence-electron chi connectivity index (χ3n) is 5.21. The minimum Gasteiger partial charge on any atom is -0.481 e. The molecule has 37 heavy (non-hydrogen) atoms. The van der Waals surface area contributed by atoms with Crippen molar-refractivity contribution >= 4 is 47.6 Å². The first-order valence-electron chi connectivity index (χ1n) is 11.9. The fourth-order valence-electron chi connectivity index (χ4n) is 3.00. The molecule has 0 fully saturated rings. The van der Waals surface area contributed by atoms with Crippen molar-refractivity contribution in [3.8, 4) is 0 Å². The molecule has 0 aliphatic rings. The number of aliphatic carboxylic acids is 1. The number of amides is 4. The van der Waals surface area contributed by atoms with Gasteiger partial charge in [0.2, 0.25) is 29.9 Å². The maximum atomic E-state index is 12.8. The molecule has 0 rings (SSSR count). The normalized spacial score (nSPS) is 14.8. The van der Waals surface area contributed by atoms with Crippen molar-refractivity contribution in [3.63, 3.8) is 0 Å². The minimum absolute atomic E-state index is 0.163. The summed E-state index contributed by atoms with van der Waals surface area (Å²) in [5.41, 5.74) is 11.0. The van der Waals surface area contributed by atoms with E-state index in [1.54, 1.807) is 6.29 Å². The molecule has 0 aliphatic carbocycles. The zero-order chi connectivity index (χ0) is 28.4. The topological polar surface area (TPSA) is 243 Å². The molecular formula is C22H39N6O8S. The fraction of sp³-hybridized carbons (Fsp3) is 0.727. The van der Waals surface area contributed by atoms with Crippen LogP contribution in [0, 0.1) is 0 Å². The van der Waals surface area contributed by atoms with Gasteiger partial charge in [-0.3, -0.25) is 28.8 Å². The number of nitrogens with one attached hydrogen (secondary N) is 4. The quantitative estimate of drug-likeness (QED) is 0.0719. The van der Waals surface area contributed by atoms with E-state index in [0.29, 0.717) is 25.1 Å². The number of aliphatic hydroxyl groups excluding tert-OH is 1. The van der Waals surface area contributed by atoms with Gasteiger partial charge in [-0.15, -0.1) is 0 Å². The second kappa shape index (κ2) is 19.4. The second-order valence-corrected chi connectivity index (χ2v) is 9.30. The van der Waals surface area contributed by atoms with Gasteiger partial charge in [0.1, 0.15) is 24.2 Å². The second-order valence-electron chi connectivity index (χ2n) is 8.32. The summed E-state index contributed by atoms with van der Waals surface area (Å²) in [4.78, 5) is 72.2. The molecule has 0 unspecified atom stereocenters. The van der Waals surface area contributed by atoms with Crippen LogP contribution in [0.4, 0.5) is 0 Å². The summed E-state index contributed by atoms with van der Waals surface area (Å²) in [6.45, 7) is 1.15. The summed E-state index contributed by atoms with van der Waals surface area (Å²) in [6, 6.07) is -5.55. The lowest BCUT2D eigenvalue weighted by Gasteiger charge is -2.24. The first-order valence-corrected chi connectivity index (χ1v) is 13.3. The Labute approximate surface area is 220 Å². The van der Waals surface area contributed by atoms with E-state index in [-0.39, 0.29) is 25.7 Å². The number of thioether (sulfide) groups is 1. The fourth-order valence-corrected chi connectivity index (χ4v) is 3.48. The van der Waals surface area contributed by atoms with Gasteiger partial charge < -0.3 is 42.9 Å². The van der Waals surface area contributed by atoms with Gasteiger partial charge >= 0.3 is 5.97 Å². The summed E-state index contributed by atoms with van der Waals surface area (Å²) < 4.78 is 0. The number of hydrogen-bond donors (Lipinski definition) is 8.